The third kappa shape index (κ3) is 4.67. The van der Waals surface area contributed by atoms with Gasteiger partial charge < -0.3 is 9.64 Å². The Hall–Kier alpha value is -2.82. The topological polar surface area (TPSA) is 62.0 Å². The van der Waals surface area contributed by atoms with E-state index in [1.165, 1.54) is 12.1 Å². The van der Waals surface area contributed by atoms with E-state index >= 15 is 0 Å². The van der Waals surface area contributed by atoms with Crippen LogP contribution in [0.15, 0.2) is 30.3 Å². The molecule has 2 aromatic rings. The molecular formula is C19H19F3N4O. The summed E-state index contributed by atoms with van der Waals surface area (Å²) in [6.07, 6.45) is -2.87. The highest BCUT2D eigenvalue weighted by Crippen LogP contribution is 2.29. The summed E-state index contributed by atoms with van der Waals surface area (Å²) in [6.45, 7) is 3.63. The van der Waals surface area contributed by atoms with Crippen LogP contribution in [-0.4, -0.2) is 29.7 Å². The zero-order valence-electron chi connectivity index (χ0n) is 14.8. The lowest BCUT2D eigenvalue weighted by Gasteiger charge is -2.33. The second-order valence-corrected chi connectivity index (χ2v) is 6.54. The number of anilines is 1. The summed E-state index contributed by atoms with van der Waals surface area (Å²) in [7, 11) is 0. The maximum absolute atomic E-state index is 12.7. The van der Waals surface area contributed by atoms with Gasteiger partial charge in [-0.25, -0.2) is 9.97 Å². The van der Waals surface area contributed by atoms with Gasteiger partial charge in [0.1, 0.15) is 17.6 Å². The van der Waals surface area contributed by atoms with Crippen LogP contribution in [0.3, 0.4) is 0 Å². The Balaban J connectivity index is 1.56. The van der Waals surface area contributed by atoms with Crippen LogP contribution in [0.1, 0.15) is 29.8 Å². The number of piperidine rings is 1. The van der Waals surface area contributed by atoms with Gasteiger partial charge in [-0.15, -0.1) is 0 Å². The number of alkyl halides is 3. The Morgan fingerprint density at radius 3 is 2.59 bits per heavy atom. The van der Waals surface area contributed by atoms with Crippen molar-refractivity contribution in [1.82, 2.24) is 9.97 Å². The quantitative estimate of drug-likeness (QED) is 0.808. The number of hydrogen-bond acceptors (Lipinski definition) is 5. The van der Waals surface area contributed by atoms with E-state index in [0.717, 1.165) is 37.7 Å². The Kier molecular flexibility index (Phi) is 5.49. The molecule has 5 nitrogen and oxygen atoms in total. The first kappa shape index (κ1) is 19.0. The Bertz CT molecular complexity index is 840. The second kappa shape index (κ2) is 7.82. The first-order valence-electron chi connectivity index (χ1n) is 8.66. The zero-order chi connectivity index (χ0) is 19.4. The predicted molar refractivity (Wildman–Crippen MR) is 93.4 cm³/mol. The minimum absolute atomic E-state index is 0.0145. The van der Waals surface area contributed by atoms with Crippen molar-refractivity contribution < 1.29 is 17.9 Å². The van der Waals surface area contributed by atoms with Gasteiger partial charge in [-0.1, -0.05) is 6.07 Å². The van der Waals surface area contributed by atoms with E-state index in [-0.39, 0.29) is 11.8 Å². The maximum atomic E-state index is 12.7. The van der Waals surface area contributed by atoms with Crippen molar-refractivity contribution in [2.75, 3.05) is 24.6 Å². The number of hydrogen-bond donors (Lipinski definition) is 0. The molecule has 1 aliphatic rings. The van der Waals surface area contributed by atoms with Gasteiger partial charge in [-0.05, 0) is 43.9 Å². The van der Waals surface area contributed by atoms with Gasteiger partial charge in [-0.3, -0.25) is 0 Å². The number of aromatic nitrogens is 2. The van der Waals surface area contributed by atoms with E-state index in [1.54, 1.807) is 6.07 Å². The molecule has 0 N–H and O–H groups in total. The van der Waals surface area contributed by atoms with Crippen molar-refractivity contribution >= 4 is 5.82 Å². The molecule has 27 heavy (non-hydrogen) atoms. The monoisotopic (exact) mass is 376 g/mol. The number of nitrogens with zero attached hydrogens (tertiary/aromatic N) is 4. The van der Waals surface area contributed by atoms with Crippen LogP contribution in [0.25, 0.3) is 0 Å². The minimum atomic E-state index is -4.48. The summed E-state index contributed by atoms with van der Waals surface area (Å²) in [4.78, 5) is 10.1. The summed E-state index contributed by atoms with van der Waals surface area (Å²) >= 11 is 0. The Morgan fingerprint density at radius 2 is 1.93 bits per heavy atom. The van der Waals surface area contributed by atoms with Crippen molar-refractivity contribution in [3.8, 4) is 11.9 Å². The summed E-state index contributed by atoms with van der Waals surface area (Å²) < 4.78 is 43.6. The lowest BCUT2D eigenvalue weighted by atomic mass is 9.97. The minimum Gasteiger partial charge on any atom is -0.477 e. The first-order valence-corrected chi connectivity index (χ1v) is 8.66. The van der Waals surface area contributed by atoms with E-state index in [2.05, 4.69) is 20.9 Å². The van der Waals surface area contributed by atoms with Crippen molar-refractivity contribution in [2.24, 2.45) is 5.92 Å². The molecule has 0 aromatic carbocycles. The lowest BCUT2D eigenvalue weighted by Crippen LogP contribution is -2.36. The number of aryl methyl sites for hydroxylation is 1. The van der Waals surface area contributed by atoms with Gasteiger partial charge in [0, 0.05) is 24.8 Å². The van der Waals surface area contributed by atoms with Gasteiger partial charge in [0.05, 0.1) is 12.2 Å². The smallest absolute Gasteiger partial charge is 0.433 e. The first-order chi connectivity index (χ1) is 12.9. The van der Waals surface area contributed by atoms with Crippen LogP contribution >= 0.6 is 0 Å². The molecular weight excluding hydrogens is 357 g/mol. The van der Waals surface area contributed by atoms with Crippen LogP contribution in [0, 0.1) is 24.2 Å². The molecule has 0 unspecified atom stereocenters. The molecule has 0 spiro atoms. The molecule has 1 aliphatic heterocycles. The fraction of sp³-hybridized carbons (Fsp3) is 0.421. The summed E-state index contributed by atoms with van der Waals surface area (Å²) in [5.74, 6) is 0.892. The Morgan fingerprint density at radius 1 is 1.19 bits per heavy atom. The van der Waals surface area contributed by atoms with Crippen molar-refractivity contribution in [2.45, 2.75) is 25.9 Å². The molecule has 0 amide bonds. The van der Waals surface area contributed by atoms with Crippen LogP contribution in [0.2, 0.25) is 0 Å². The lowest BCUT2D eigenvalue weighted by molar-refractivity contribution is -0.141. The van der Waals surface area contributed by atoms with Crippen molar-refractivity contribution in [3.63, 3.8) is 0 Å². The van der Waals surface area contributed by atoms with E-state index in [0.29, 0.717) is 18.0 Å². The molecule has 3 rings (SSSR count). The molecule has 1 saturated heterocycles. The van der Waals surface area contributed by atoms with Crippen LogP contribution in [0.5, 0.6) is 5.88 Å². The average Bonchev–Trinajstić information content (AvgIpc) is 2.66. The molecule has 3 heterocycles. The fourth-order valence-corrected chi connectivity index (χ4v) is 3.04. The normalized spacial score (nSPS) is 15.4. The zero-order valence-corrected chi connectivity index (χ0v) is 14.8. The van der Waals surface area contributed by atoms with E-state index < -0.39 is 11.9 Å². The van der Waals surface area contributed by atoms with Gasteiger partial charge in [-0.2, -0.15) is 18.4 Å². The van der Waals surface area contributed by atoms with Gasteiger partial charge in [0.2, 0.25) is 5.88 Å². The molecule has 1 fully saturated rings. The number of nitriles is 1. The number of rotatable bonds is 4. The summed E-state index contributed by atoms with van der Waals surface area (Å²) in [5, 5.41) is 9.26. The fourth-order valence-electron chi connectivity index (χ4n) is 3.04. The largest absolute Gasteiger partial charge is 0.477 e. The highest BCUT2D eigenvalue weighted by atomic mass is 19.4. The predicted octanol–water partition coefficient (Wildman–Crippen LogP) is 3.97. The van der Waals surface area contributed by atoms with E-state index in [1.807, 2.05) is 13.0 Å². The second-order valence-electron chi connectivity index (χ2n) is 6.54. The highest BCUT2D eigenvalue weighted by Gasteiger charge is 2.32. The summed E-state index contributed by atoms with van der Waals surface area (Å²) in [5.41, 5.74) is 0.443. The van der Waals surface area contributed by atoms with Crippen molar-refractivity contribution in [3.05, 3.63) is 47.3 Å². The molecule has 2 aromatic heterocycles. The van der Waals surface area contributed by atoms with E-state index in [9.17, 15) is 18.4 Å². The Labute approximate surface area is 155 Å². The van der Waals surface area contributed by atoms with Crippen LogP contribution in [0.4, 0.5) is 19.0 Å². The van der Waals surface area contributed by atoms with Gasteiger partial charge in [0.15, 0.2) is 0 Å². The maximum Gasteiger partial charge on any atom is 0.433 e. The molecule has 0 aliphatic carbocycles. The SMILES string of the molecule is Cc1ccc(C#N)c(N2CCC(COc3cccc(C(F)(F)F)n3)CC2)n1. The number of ether oxygens (including phenoxy) is 1. The number of pyridine rings is 2. The van der Waals surface area contributed by atoms with Gasteiger partial charge >= 0.3 is 6.18 Å². The standard InChI is InChI=1S/C19H19F3N4O/c1-13-5-6-15(11-23)18(24-13)26-9-7-14(8-10-26)12-27-17-4-2-3-16(25-17)19(20,21)22/h2-6,14H,7-10,12H2,1H3. The van der Waals surface area contributed by atoms with Crippen LogP contribution in [-0.2, 0) is 6.18 Å². The van der Waals surface area contributed by atoms with Gasteiger partial charge in [0.25, 0.3) is 0 Å². The average molecular weight is 376 g/mol. The third-order valence-electron chi connectivity index (χ3n) is 4.53. The van der Waals surface area contributed by atoms with Crippen LogP contribution < -0.4 is 9.64 Å². The third-order valence-corrected chi connectivity index (χ3v) is 4.53. The molecule has 0 atom stereocenters. The molecule has 8 heteroatoms. The highest BCUT2D eigenvalue weighted by molar-refractivity contribution is 5.54. The van der Waals surface area contributed by atoms with E-state index in [4.69, 9.17) is 4.74 Å². The molecule has 0 radical (unpaired) electrons. The molecule has 142 valence electrons. The molecule has 0 saturated carbocycles. The molecule has 0 bridgehead atoms. The number of halogens is 3. The van der Waals surface area contributed by atoms with Crippen molar-refractivity contribution in [1.29, 1.82) is 5.26 Å². The summed E-state index contributed by atoms with van der Waals surface area (Å²) in [6, 6.07) is 9.39.